The third kappa shape index (κ3) is 2.33. The molecule has 1 rings (SSSR count). The average Bonchev–Trinajstić information content (AvgIpc) is 2.12. The summed E-state index contributed by atoms with van der Waals surface area (Å²) in [7, 11) is 0. The minimum absolute atomic E-state index is 0.114. The molecule has 1 fully saturated rings. The summed E-state index contributed by atoms with van der Waals surface area (Å²) >= 11 is 0. The summed E-state index contributed by atoms with van der Waals surface area (Å²) in [5.74, 6) is -0.420. The van der Waals surface area contributed by atoms with Crippen molar-refractivity contribution in [1.29, 1.82) is 0 Å². The van der Waals surface area contributed by atoms with Crippen molar-refractivity contribution in [2.75, 3.05) is 6.54 Å². The molecule has 1 aliphatic rings. The molecule has 3 heteroatoms. The zero-order valence-corrected chi connectivity index (χ0v) is 10.2. The Kier molecular flexibility index (Phi) is 3.77. The molecule has 0 spiro atoms. The molecule has 0 saturated heterocycles. The molecule has 2 N–H and O–H groups in total. The summed E-state index contributed by atoms with van der Waals surface area (Å²) in [4.78, 5) is 11.2. The van der Waals surface area contributed by atoms with E-state index in [1.807, 2.05) is 0 Å². The highest BCUT2D eigenvalue weighted by Gasteiger charge is 2.45. The summed E-state index contributed by atoms with van der Waals surface area (Å²) in [6.07, 6.45) is 1.78. The van der Waals surface area contributed by atoms with Gasteiger partial charge in [0.1, 0.15) is 0 Å². The van der Waals surface area contributed by atoms with Crippen molar-refractivity contribution in [3.05, 3.63) is 0 Å². The molecule has 0 bridgehead atoms. The second-order valence-corrected chi connectivity index (χ2v) is 5.24. The van der Waals surface area contributed by atoms with Gasteiger partial charge in [0.05, 0.1) is 5.92 Å². The fourth-order valence-corrected chi connectivity index (χ4v) is 2.79. The van der Waals surface area contributed by atoms with Crippen LogP contribution in [-0.2, 0) is 4.79 Å². The van der Waals surface area contributed by atoms with E-state index in [9.17, 15) is 9.90 Å². The second kappa shape index (κ2) is 4.52. The first-order valence-electron chi connectivity index (χ1n) is 5.87. The van der Waals surface area contributed by atoms with Gasteiger partial charge in [-0.25, -0.2) is 0 Å². The lowest BCUT2D eigenvalue weighted by molar-refractivity contribution is -0.150. The lowest BCUT2D eigenvalue weighted by Crippen LogP contribution is -2.51. The number of rotatable bonds is 3. The lowest BCUT2D eigenvalue weighted by Gasteiger charge is -2.46. The fraction of sp³-hybridized carbons (Fsp3) is 0.917. The fourth-order valence-electron chi connectivity index (χ4n) is 2.79. The molecule has 3 nitrogen and oxygen atoms in total. The van der Waals surface area contributed by atoms with Crippen molar-refractivity contribution in [2.45, 2.75) is 46.6 Å². The molecular formula is C12H23NO2. The van der Waals surface area contributed by atoms with Crippen LogP contribution in [0, 0.1) is 17.3 Å². The topological polar surface area (TPSA) is 49.3 Å². The van der Waals surface area contributed by atoms with E-state index >= 15 is 0 Å². The van der Waals surface area contributed by atoms with Crippen LogP contribution in [0.5, 0.6) is 0 Å². The molecule has 0 aliphatic heterocycles. The Hall–Kier alpha value is -0.570. The molecular weight excluding hydrogens is 190 g/mol. The first kappa shape index (κ1) is 12.5. The van der Waals surface area contributed by atoms with Crippen molar-refractivity contribution in [3.8, 4) is 0 Å². The van der Waals surface area contributed by atoms with Crippen LogP contribution in [0.15, 0.2) is 0 Å². The normalized spacial score (nSPS) is 35.1. The Morgan fingerprint density at radius 1 is 1.47 bits per heavy atom. The molecule has 0 aromatic rings. The number of carboxylic acids is 1. The van der Waals surface area contributed by atoms with Crippen LogP contribution in [-0.4, -0.2) is 23.7 Å². The van der Waals surface area contributed by atoms with Gasteiger partial charge in [0.25, 0.3) is 0 Å². The summed E-state index contributed by atoms with van der Waals surface area (Å²) < 4.78 is 0. The number of carbonyl (C=O) groups is 1. The highest BCUT2D eigenvalue weighted by atomic mass is 16.4. The van der Waals surface area contributed by atoms with Gasteiger partial charge in [-0.15, -0.1) is 0 Å². The van der Waals surface area contributed by atoms with Crippen molar-refractivity contribution < 1.29 is 9.90 Å². The van der Waals surface area contributed by atoms with Crippen molar-refractivity contribution >= 4 is 5.97 Å². The van der Waals surface area contributed by atoms with E-state index in [0.717, 1.165) is 19.4 Å². The van der Waals surface area contributed by atoms with Gasteiger partial charge >= 0.3 is 5.97 Å². The van der Waals surface area contributed by atoms with Crippen molar-refractivity contribution in [3.63, 3.8) is 0 Å². The van der Waals surface area contributed by atoms with Gasteiger partial charge in [-0.3, -0.25) is 4.79 Å². The molecule has 3 unspecified atom stereocenters. The second-order valence-electron chi connectivity index (χ2n) is 5.24. The molecule has 0 aromatic carbocycles. The highest BCUT2D eigenvalue weighted by molar-refractivity contribution is 5.71. The molecule has 15 heavy (non-hydrogen) atoms. The SMILES string of the molecule is CCNC1CCC(C(=O)O)C(C)(C)C1C. The first-order valence-corrected chi connectivity index (χ1v) is 5.87. The highest BCUT2D eigenvalue weighted by Crippen LogP contribution is 2.44. The van der Waals surface area contributed by atoms with E-state index in [1.54, 1.807) is 0 Å². The van der Waals surface area contributed by atoms with Crippen LogP contribution in [0.25, 0.3) is 0 Å². The standard InChI is InChI=1S/C12H23NO2/c1-5-13-10-7-6-9(11(14)15)12(3,4)8(10)2/h8-10,13H,5-7H2,1-4H3,(H,14,15). The van der Waals surface area contributed by atoms with Crippen LogP contribution < -0.4 is 5.32 Å². The smallest absolute Gasteiger partial charge is 0.307 e. The van der Waals surface area contributed by atoms with Crippen LogP contribution in [0.1, 0.15) is 40.5 Å². The summed E-state index contributed by atoms with van der Waals surface area (Å²) in [6, 6.07) is 0.473. The van der Waals surface area contributed by atoms with Crippen molar-refractivity contribution in [2.24, 2.45) is 17.3 Å². The molecule has 0 heterocycles. The maximum absolute atomic E-state index is 11.2. The van der Waals surface area contributed by atoms with Crippen LogP contribution >= 0.6 is 0 Å². The Balaban J connectivity index is 2.78. The minimum atomic E-state index is -0.637. The maximum Gasteiger partial charge on any atom is 0.307 e. The maximum atomic E-state index is 11.2. The predicted molar refractivity (Wildman–Crippen MR) is 60.8 cm³/mol. The van der Waals surface area contributed by atoms with Gasteiger partial charge in [0.2, 0.25) is 0 Å². The van der Waals surface area contributed by atoms with Crippen LogP contribution in [0.2, 0.25) is 0 Å². The van der Waals surface area contributed by atoms with Gasteiger partial charge in [0, 0.05) is 6.04 Å². The van der Waals surface area contributed by atoms with Crippen LogP contribution in [0.4, 0.5) is 0 Å². The molecule has 1 saturated carbocycles. The Morgan fingerprint density at radius 3 is 2.53 bits per heavy atom. The monoisotopic (exact) mass is 213 g/mol. The molecule has 1 aliphatic carbocycles. The molecule has 0 radical (unpaired) electrons. The molecule has 88 valence electrons. The molecule has 0 amide bonds. The Bertz CT molecular complexity index is 238. The zero-order valence-electron chi connectivity index (χ0n) is 10.2. The average molecular weight is 213 g/mol. The largest absolute Gasteiger partial charge is 0.481 e. The summed E-state index contributed by atoms with van der Waals surface area (Å²) in [5.41, 5.74) is -0.114. The van der Waals surface area contributed by atoms with E-state index in [4.69, 9.17) is 0 Å². The van der Waals surface area contributed by atoms with Gasteiger partial charge in [0.15, 0.2) is 0 Å². The number of carboxylic acid groups (broad SMARTS) is 1. The molecule has 3 atom stereocenters. The lowest BCUT2D eigenvalue weighted by atomic mass is 9.61. The summed E-state index contributed by atoms with van der Waals surface area (Å²) in [5, 5.41) is 12.6. The van der Waals surface area contributed by atoms with E-state index in [0.29, 0.717) is 12.0 Å². The Morgan fingerprint density at radius 2 is 2.07 bits per heavy atom. The number of aliphatic carboxylic acids is 1. The van der Waals surface area contributed by atoms with E-state index in [2.05, 4.69) is 33.0 Å². The van der Waals surface area contributed by atoms with Crippen molar-refractivity contribution in [1.82, 2.24) is 5.32 Å². The third-order valence-electron chi connectivity index (χ3n) is 4.21. The first-order chi connectivity index (χ1) is 6.91. The van der Waals surface area contributed by atoms with Gasteiger partial charge in [-0.1, -0.05) is 27.7 Å². The zero-order chi connectivity index (χ0) is 11.6. The van der Waals surface area contributed by atoms with E-state index < -0.39 is 5.97 Å². The minimum Gasteiger partial charge on any atom is -0.481 e. The van der Waals surface area contributed by atoms with E-state index in [1.165, 1.54) is 0 Å². The van der Waals surface area contributed by atoms with Gasteiger partial charge in [-0.05, 0) is 30.7 Å². The van der Waals surface area contributed by atoms with Gasteiger partial charge < -0.3 is 10.4 Å². The third-order valence-corrected chi connectivity index (χ3v) is 4.21. The summed E-state index contributed by atoms with van der Waals surface area (Å²) in [6.45, 7) is 9.40. The predicted octanol–water partition coefficient (Wildman–Crippen LogP) is 2.12. The number of hydrogen-bond acceptors (Lipinski definition) is 2. The quantitative estimate of drug-likeness (QED) is 0.755. The van der Waals surface area contributed by atoms with Crippen LogP contribution in [0.3, 0.4) is 0 Å². The number of hydrogen-bond donors (Lipinski definition) is 2. The Labute approximate surface area is 92.3 Å². The van der Waals surface area contributed by atoms with Gasteiger partial charge in [-0.2, -0.15) is 0 Å². The molecule has 0 aromatic heterocycles. The van der Waals surface area contributed by atoms with E-state index in [-0.39, 0.29) is 11.3 Å². The number of nitrogens with one attached hydrogen (secondary N) is 1.